The number of anilines is 2. The Morgan fingerprint density at radius 2 is 2.23 bits per heavy atom. The van der Waals surface area contributed by atoms with Gasteiger partial charge < -0.3 is 11.1 Å². The van der Waals surface area contributed by atoms with Crippen LogP contribution in [0.5, 0.6) is 0 Å². The molecule has 0 spiro atoms. The van der Waals surface area contributed by atoms with Crippen molar-refractivity contribution in [1.82, 2.24) is 9.78 Å². The fourth-order valence-corrected chi connectivity index (χ4v) is 1.54. The van der Waals surface area contributed by atoms with E-state index in [0.717, 1.165) is 23.1 Å². The lowest BCUT2D eigenvalue weighted by Gasteiger charge is -2.05. The van der Waals surface area contributed by atoms with Crippen molar-refractivity contribution in [1.29, 1.82) is 0 Å². The Kier molecular flexibility index (Phi) is 1.71. The van der Waals surface area contributed by atoms with Gasteiger partial charge in [-0.05, 0) is 19.3 Å². The van der Waals surface area contributed by atoms with Gasteiger partial charge in [-0.1, -0.05) is 6.92 Å². The standard InChI is InChI=1S/C9H16N4/c1-5-4-7(5)11-9-8(10)6(2)12-13(9)3/h5,7,11H,4,10H2,1-3H3. The Balaban J connectivity index is 2.19. The lowest BCUT2D eigenvalue weighted by Crippen LogP contribution is -2.09. The monoisotopic (exact) mass is 180 g/mol. The minimum Gasteiger partial charge on any atom is -0.394 e. The van der Waals surface area contributed by atoms with Crippen LogP contribution in [0.3, 0.4) is 0 Å². The summed E-state index contributed by atoms with van der Waals surface area (Å²) in [4.78, 5) is 0. The molecule has 2 unspecified atom stereocenters. The molecule has 13 heavy (non-hydrogen) atoms. The Labute approximate surface area is 78.1 Å². The zero-order chi connectivity index (χ0) is 9.59. The molecule has 1 fully saturated rings. The van der Waals surface area contributed by atoms with E-state index in [-0.39, 0.29) is 0 Å². The summed E-state index contributed by atoms with van der Waals surface area (Å²) in [7, 11) is 1.92. The highest BCUT2D eigenvalue weighted by Gasteiger charge is 2.33. The summed E-state index contributed by atoms with van der Waals surface area (Å²) in [6, 6.07) is 0.595. The van der Waals surface area contributed by atoms with Crippen molar-refractivity contribution >= 4 is 11.5 Å². The maximum atomic E-state index is 5.88. The van der Waals surface area contributed by atoms with E-state index < -0.39 is 0 Å². The van der Waals surface area contributed by atoms with E-state index in [9.17, 15) is 0 Å². The van der Waals surface area contributed by atoms with Crippen LogP contribution in [0, 0.1) is 12.8 Å². The predicted octanol–water partition coefficient (Wildman–Crippen LogP) is 1.13. The lowest BCUT2D eigenvalue weighted by atomic mass is 10.4. The SMILES string of the molecule is Cc1nn(C)c(NC2CC2C)c1N. The highest BCUT2D eigenvalue weighted by atomic mass is 15.3. The van der Waals surface area contributed by atoms with Gasteiger partial charge in [0.1, 0.15) is 5.82 Å². The summed E-state index contributed by atoms with van der Waals surface area (Å²) < 4.78 is 1.82. The first-order valence-electron chi connectivity index (χ1n) is 4.65. The summed E-state index contributed by atoms with van der Waals surface area (Å²) >= 11 is 0. The second-order valence-corrected chi connectivity index (χ2v) is 3.94. The first kappa shape index (κ1) is 8.41. The smallest absolute Gasteiger partial charge is 0.147 e. The van der Waals surface area contributed by atoms with Crippen LogP contribution in [0.1, 0.15) is 19.0 Å². The highest BCUT2D eigenvalue weighted by molar-refractivity contribution is 5.65. The summed E-state index contributed by atoms with van der Waals surface area (Å²) in [6.07, 6.45) is 1.24. The van der Waals surface area contributed by atoms with E-state index >= 15 is 0 Å². The topological polar surface area (TPSA) is 55.9 Å². The third kappa shape index (κ3) is 1.36. The van der Waals surface area contributed by atoms with E-state index in [1.807, 2.05) is 18.7 Å². The lowest BCUT2D eigenvalue weighted by molar-refractivity contribution is 0.754. The molecule has 1 aliphatic rings. The van der Waals surface area contributed by atoms with Crippen molar-refractivity contribution in [2.24, 2.45) is 13.0 Å². The van der Waals surface area contributed by atoms with Crippen molar-refractivity contribution in [2.45, 2.75) is 26.3 Å². The van der Waals surface area contributed by atoms with Crippen LogP contribution < -0.4 is 11.1 Å². The quantitative estimate of drug-likeness (QED) is 0.717. The molecule has 3 N–H and O–H groups in total. The van der Waals surface area contributed by atoms with E-state index in [4.69, 9.17) is 5.73 Å². The van der Waals surface area contributed by atoms with Gasteiger partial charge in [-0.25, -0.2) is 0 Å². The van der Waals surface area contributed by atoms with Crippen LogP contribution in [-0.4, -0.2) is 15.8 Å². The fourth-order valence-electron chi connectivity index (χ4n) is 1.54. The molecular formula is C9H16N4. The van der Waals surface area contributed by atoms with E-state index in [2.05, 4.69) is 17.3 Å². The molecule has 1 aromatic heterocycles. The maximum absolute atomic E-state index is 5.88. The maximum Gasteiger partial charge on any atom is 0.147 e. The van der Waals surface area contributed by atoms with Gasteiger partial charge in [-0.15, -0.1) is 0 Å². The van der Waals surface area contributed by atoms with E-state index in [0.29, 0.717) is 6.04 Å². The summed E-state index contributed by atoms with van der Waals surface area (Å²) in [5.41, 5.74) is 7.56. The summed E-state index contributed by atoms with van der Waals surface area (Å²) in [5.74, 6) is 1.74. The van der Waals surface area contributed by atoms with E-state index in [1.54, 1.807) is 0 Å². The van der Waals surface area contributed by atoms with Crippen molar-refractivity contribution < 1.29 is 0 Å². The Morgan fingerprint density at radius 3 is 2.62 bits per heavy atom. The number of nitrogens with two attached hydrogens (primary N) is 1. The molecule has 0 bridgehead atoms. The van der Waals surface area contributed by atoms with Crippen molar-refractivity contribution in [3.63, 3.8) is 0 Å². The van der Waals surface area contributed by atoms with Crippen LogP contribution in [0.25, 0.3) is 0 Å². The Hall–Kier alpha value is -1.19. The van der Waals surface area contributed by atoms with Crippen molar-refractivity contribution in [2.75, 3.05) is 11.1 Å². The van der Waals surface area contributed by atoms with Gasteiger partial charge in [0.25, 0.3) is 0 Å². The fraction of sp³-hybridized carbons (Fsp3) is 0.667. The molecule has 1 aliphatic carbocycles. The third-order valence-electron chi connectivity index (χ3n) is 2.70. The van der Waals surface area contributed by atoms with Gasteiger partial charge in [0, 0.05) is 13.1 Å². The summed E-state index contributed by atoms with van der Waals surface area (Å²) in [5, 5.41) is 7.64. The minimum atomic E-state index is 0.595. The largest absolute Gasteiger partial charge is 0.394 e. The molecule has 0 saturated heterocycles. The van der Waals surface area contributed by atoms with Gasteiger partial charge in [0.15, 0.2) is 0 Å². The molecule has 72 valence electrons. The number of nitrogen functional groups attached to an aromatic ring is 1. The number of nitrogens with zero attached hydrogens (tertiary/aromatic N) is 2. The van der Waals surface area contributed by atoms with Crippen LogP contribution in [0.2, 0.25) is 0 Å². The average molecular weight is 180 g/mol. The molecule has 0 radical (unpaired) electrons. The van der Waals surface area contributed by atoms with Crippen molar-refractivity contribution in [3.05, 3.63) is 5.69 Å². The minimum absolute atomic E-state index is 0.595. The highest BCUT2D eigenvalue weighted by Crippen LogP contribution is 2.34. The van der Waals surface area contributed by atoms with Gasteiger partial charge in [0.05, 0.1) is 11.4 Å². The molecule has 0 aromatic carbocycles. The second kappa shape index (κ2) is 2.65. The van der Waals surface area contributed by atoms with Gasteiger partial charge in [-0.3, -0.25) is 4.68 Å². The zero-order valence-electron chi connectivity index (χ0n) is 8.33. The third-order valence-corrected chi connectivity index (χ3v) is 2.70. The van der Waals surface area contributed by atoms with Gasteiger partial charge in [-0.2, -0.15) is 5.10 Å². The van der Waals surface area contributed by atoms with Crippen LogP contribution in [-0.2, 0) is 7.05 Å². The molecule has 4 nitrogen and oxygen atoms in total. The molecule has 2 atom stereocenters. The first-order valence-corrected chi connectivity index (χ1v) is 4.65. The second-order valence-electron chi connectivity index (χ2n) is 3.94. The molecule has 2 rings (SSSR count). The number of hydrogen-bond donors (Lipinski definition) is 2. The van der Waals surface area contributed by atoms with Crippen LogP contribution in [0.4, 0.5) is 11.5 Å². The molecular weight excluding hydrogens is 164 g/mol. The van der Waals surface area contributed by atoms with Crippen LogP contribution in [0.15, 0.2) is 0 Å². The number of rotatable bonds is 2. The Bertz CT molecular complexity index is 329. The Morgan fingerprint density at radius 1 is 1.62 bits per heavy atom. The number of aryl methyl sites for hydroxylation is 2. The molecule has 1 saturated carbocycles. The molecule has 1 aromatic rings. The number of nitrogens with one attached hydrogen (secondary N) is 1. The van der Waals surface area contributed by atoms with Gasteiger partial charge >= 0.3 is 0 Å². The van der Waals surface area contributed by atoms with Crippen LogP contribution >= 0.6 is 0 Å². The van der Waals surface area contributed by atoms with Crippen molar-refractivity contribution in [3.8, 4) is 0 Å². The number of aromatic nitrogens is 2. The molecule has 0 aliphatic heterocycles. The van der Waals surface area contributed by atoms with Gasteiger partial charge in [0.2, 0.25) is 0 Å². The normalized spacial score (nSPS) is 26.1. The first-order chi connectivity index (χ1) is 6.09. The summed E-state index contributed by atoms with van der Waals surface area (Å²) in [6.45, 7) is 4.16. The zero-order valence-corrected chi connectivity index (χ0v) is 8.33. The predicted molar refractivity (Wildman–Crippen MR) is 53.5 cm³/mol. The van der Waals surface area contributed by atoms with E-state index in [1.165, 1.54) is 6.42 Å². The molecule has 1 heterocycles. The average Bonchev–Trinajstić information content (AvgIpc) is 2.70. The molecule has 0 amide bonds. The molecule has 4 heteroatoms. The number of hydrogen-bond acceptors (Lipinski definition) is 3.